The highest BCUT2D eigenvalue weighted by Crippen LogP contribution is 2.08. The highest BCUT2D eigenvalue weighted by Gasteiger charge is 2.11. The summed E-state index contributed by atoms with van der Waals surface area (Å²) in [6, 6.07) is 0. The van der Waals surface area contributed by atoms with Gasteiger partial charge in [-0.3, -0.25) is 4.79 Å². The third kappa shape index (κ3) is 7.29. The Morgan fingerprint density at radius 1 is 1.53 bits per heavy atom. The first-order chi connectivity index (χ1) is 9.03. The molecule has 0 fully saturated rings. The van der Waals surface area contributed by atoms with Crippen LogP contribution in [0.5, 0.6) is 0 Å². The van der Waals surface area contributed by atoms with Crippen LogP contribution in [0.25, 0.3) is 0 Å². The first kappa shape index (κ1) is 16.1. The van der Waals surface area contributed by atoms with Crippen molar-refractivity contribution in [3.8, 4) is 0 Å². The summed E-state index contributed by atoms with van der Waals surface area (Å²) in [7, 11) is -1.99. The average Bonchev–Trinajstić information content (AvgIpc) is 2.39. The summed E-state index contributed by atoms with van der Waals surface area (Å²) in [4.78, 5) is 10.9. The van der Waals surface area contributed by atoms with Crippen LogP contribution >= 0.6 is 0 Å². The molecule has 0 aromatic rings. The maximum absolute atomic E-state index is 11.6. The number of hydrogen-bond donors (Lipinski definition) is 2. The second-order valence-electron chi connectivity index (χ2n) is 4.46. The van der Waals surface area contributed by atoms with E-state index >= 15 is 0 Å². The summed E-state index contributed by atoms with van der Waals surface area (Å²) < 4.78 is 30.3. The third-order valence-electron chi connectivity index (χ3n) is 2.95. The fraction of sp³-hybridized carbons (Fsp3) is 0.750. The molecule has 0 saturated heterocycles. The normalized spacial score (nSPS) is 15.9. The number of rotatable bonds is 8. The van der Waals surface area contributed by atoms with Crippen LogP contribution in [-0.2, 0) is 19.6 Å². The van der Waals surface area contributed by atoms with E-state index in [9.17, 15) is 13.2 Å². The SMILES string of the molecule is COC(=O)CCCS(=O)(=O)NCCC1=CCNCC1. The zero-order valence-corrected chi connectivity index (χ0v) is 12.1. The minimum absolute atomic E-state index is 0.0390. The van der Waals surface area contributed by atoms with Crippen LogP contribution < -0.4 is 10.0 Å². The molecule has 1 aliphatic rings. The molecule has 1 aliphatic heterocycles. The molecule has 0 aromatic carbocycles. The molecule has 0 aliphatic carbocycles. The van der Waals surface area contributed by atoms with Crippen molar-refractivity contribution in [1.29, 1.82) is 0 Å². The molecular formula is C12H22N2O4S. The fourth-order valence-corrected chi connectivity index (χ4v) is 2.93. The second kappa shape index (κ2) is 8.29. The van der Waals surface area contributed by atoms with Gasteiger partial charge < -0.3 is 10.1 Å². The zero-order valence-electron chi connectivity index (χ0n) is 11.3. The maximum atomic E-state index is 11.6. The van der Waals surface area contributed by atoms with Crippen molar-refractivity contribution in [1.82, 2.24) is 10.0 Å². The van der Waals surface area contributed by atoms with Crippen molar-refractivity contribution in [3.05, 3.63) is 11.6 Å². The van der Waals surface area contributed by atoms with Crippen molar-refractivity contribution in [2.45, 2.75) is 25.7 Å². The van der Waals surface area contributed by atoms with E-state index in [0.29, 0.717) is 6.54 Å². The van der Waals surface area contributed by atoms with Crippen LogP contribution in [0.3, 0.4) is 0 Å². The predicted molar refractivity (Wildman–Crippen MR) is 73.2 cm³/mol. The van der Waals surface area contributed by atoms with Crippen molar-refractivity contribution in [2.75, 3.05) is 32.5 Å². The van der Waals surface area contributed by atoms with Gasteiger partial charge in [-0.1, -0.05) is 11.6 Å². The number of carbonyl (C=O) groups excluding carboxylic acids is 1. The smallest absolute Gasteiger partial charge is 0.305 e. The minimum atomic E-state index is -3.29. The predicted octanol–water partition coefficient (Wildman–Crippen LogP) is 0.169. The molecule has 0 unspecified atom stereocenters. The van der Waals surface area contributed by atoms with E-state index in [1.807, 2.05) is 0 Å². The molecule has 2 N–H and O–H groups in total. The summed E-state index contributed by atoms with van der Waals surface area (Å²) in [6.07, 6.45) is 4.25. The van der Waals surface area contributed by atoms with Crippen LogP contribution in [0.2, 0.25) is 0 Å². The number of nitrogens with one attached hydrogen (secondary N) is 2. The third-order valence-corrected chi connectivity index (χ3v) is 4.42. The van der Waals surface area contributed by atoms with Gasteiger partial charge in [-0.15, -0.1) is 0 Å². The summed E-state index contributed by atoms with van der Waals surface area (Å²) in [6.45, 7) is 2.24. The van der Waals surface area contributed by atoms with E-state index in [1.54, 1.807) is 0 Å². The van der Waals surface area contributed by atoms with Gasteiger partial charge in [0.15, 0.2) is 0 Å². The quantitative estimate of drug-likeness (QED) is 0.492. The van der Waals surface area contributed by atoms with Crippen molar-refractivity contribution >= 4 is 16.0 Å². The van der Waals surface area contributed by atoms with Gasteiger partial charge in [0.2, 0.25) is 10.0 Å². The Hall–Kier alpha value is -0.920. The molecule has 0 amide bonds. The highest BCUT2D eigenvalue weighted by atomic mass is 32.2. The first-order valence-corrected chi connectivity index (χ1v) is 8.11. The summed E-state index contributed by atoms with van der Waals surface area (Å²) >= 11 is 0. The van der Waals surface area contributed by atoms with Crippen molar-refractivity contribution in [3.63, 3.8) is 0 Å². The Morgan fingerprint density at radius 3 is 2.95 bits per heavy atom. The number of sulfonamides is 1. The molecule has 0 bridgehead atoms. The molecule has 110 valence electrons. The first-order valence-electron chi connectivity index (χ1n) is 6.46. The van der Waals surface area contributed by atoms with Crippen LogP contribution in [0, 0.1) is 0 Å². The van der Waals surface area contributed by atoms with Gasteiger partial charge in [0.05, 0.1) is 12.9 Å². The number of ether oxygens (including phenoxy) is 1. The topological polar surface area (TPSA) is 84.5 Å². The van der Waals surface area contributed by atoms with E-state index in [4.69, 9.17) is 0 Å². The van der Waals surface area contributed by atoms with E-state index in [1.165, 1.54) is 12.7 Å². The Labute approximate surface area is 114 Å². The lowest BCUT2D eigenvalue weighted by atomic mass is 10.1. The maximum Gasteiger partial charge on any atom is 0.305 e. The standard InChI is InChI=1S/C12H22N2O4S/c1-18-12(15)3-2-10-19(16,17)14-9-6-11-4-7-13-8-5-11/h4,13-14H,2-3,5-10H2,1H3. The van der Waals surface area contributed by atoms with E-state index in [-0.39, 0.29) is 24.6 Å². The van der Waals surface area contributed by atoms with Gasteiger partial charge in [-0.2, -0.15) is 0 Å². The van der Waals surface area contributed by atoms with Crippen LogP contribution in [-0.4, -0.2) is 46.9 Å². The van der Waals surface area contributed by atoms with Gasteiger partial charge >= 0.3 is 5.97 Å². The lowest BCUT2D eigenvalue weighted by molar-refractivity contribution is -0.140. The van der Waals surface area contributed by atoms with Gasteiger partial charge in [0.1, 0.15) is 0 Å². The fourth-order valence-electron chi connectivity index (χ4n) is 1.84. The van der Waals surface area contributed by atoms with E-state index < -0.39 is 10.0 Å². The molecule has 0 aromatic heterocycles. The Bertz CT molecular complexity index is 417. The average molecular weight is 290 g/mol. The highest BCUT2D eigenvalue weighted by molar-refractivity contribution is 7.89. The Balaban J connectivity index is 2.19. The summed E-state index contributed by atoms with van der Waals surface area (Å²) in [5.74, 6) is -0.419. The molecule has 0 atom stereocenters. The summed E-state index contributed by atoms with van der Waals surface area (Å²) in [5, 5.41) is 3.21. The van der Waals surface area contributed by atoms with E-state index in [2.05, 4.69) is 20.9 Å². The van der Waals surface area contributed by atoms with E-state index in [0.717, 1.165) is 25.9 Å². The monoisotopic (exact) mass is 290 g/mol. The minimum Gasteiger partial charge on any atom is -0.469 e. The molecule has 19 heavy (non-hydrogen) atoms. The number of hydrogen-bond acceptors (Lipinski definition) is 5. The number of carbonyl (C=O) groups is 1. The molecule has 6 nitrogen and oxygen atoms in total. The Morgan fingerprint density at radius 2 is 2.32 bits per heavy atom. The van der Waals surface area contributed by atoms with Crippen molar-refractivity contribution in [2.24, 2.45) is 0 Å². The van der Waals surface area contributed by atoms with Gasteiger partial charge in [0, 0.05) is 19.5 Å². The lowest BCUT2D eigenvalue weighted by Gasteiger charge is -2.14. The summed E-state index contributed by atoms with van der Waals surface area (Å²) in [5.41, 5.74) is 1.29. The molecule has 7 heteroatoms. The van der Waals surface area contributed by atoms with Gasteiger partial charge in [-0.05, 0) is 25.8 Å². The van der Waals surface area contributed by atoms with Crippen LogP contribution in [0.15, 0.2) is 11.6 Å². The molecule has 1 rings (SSSR count). The van der Waals surface area contributed by atoms with Crippen molar-refractivity contribution < 1.29 is 17.9 Å². The molecule has 0 spiro atoms. The molecule has 0 radical (unpaired) electrons. The molecule has 1 heterocycles. The number of methoxy groups -OCH3 is 1. The largest absolute Gasteiger partial charge is 0.469 e. The molecular weight excluding hydrogens is 268 g/mol. The zero-order chi connectivity index (χ0) is 14.1. The second-order valence-corrected chi connectivity index (χ2v) is 6.39. The Kier molecular flexibility index (Phi) is 7.04. The number of esters is 1. The lowest BCUT2D eigenvalue weighted by Crippen LogP contribution is -2.29. The van der Waals surface area contributed by atoms with Gasteiger partial charge in [-0.25, -0.2) is 13.1 Å². The van der Waals surface area contributed by atoms with Crippen LogP contribution in [0.1, 0.15) is 25.7 Å². The van der Waals surface area contributed by atoms with Gasteiger partial charge in [0.25, 0.3) is 0 Å². The van der Waals surface area contributed by atoms with Crippen LogP contribution in [0.4, 0.5) is 0 Å². The molecule has 0 saturated carbocycles.